The second-order valence-corrected chi connectivity index (χ2v) is 2.10. The smallest absolute Gasteiger partial charge is 0.401 e. The molecule has 0 saturated heterocycles. The van der Waals surface area contributed by atoms with Gasteiger partial charge in [-0.15, -0.1) is 0 Å². The number of hydrogen-bond donors (Lipinski definition) is 1. The third kappa shape index (κ3) is 8.36. The Morgan fingerprint density at radius 1 is 1.38 bits per heavy atom. The lowest BCUT2D eigenvalue weighted by Gasteiger charge is -1.92. The molecule has 0 atom stereocenters. The number of rotatable bonds is 2. The lowest BCUT2D eigenvalue weighted by molar-refractivity contribution is -0.120. The van der Waals surface area contributed by atoms with Gasteiger partial charge in [0.05, 0.1) is 0 Å². The van der Waals surface area contributed by atoms with E-state index in [1.165, 1.54) is 0 Å². The van der Waals surface area contributed by atoms with Crippen molar-refractivity contribution in [3.8, 4) is 5.75 Å². The van der Waals surface area contributed by atoms with Crippen LogP contribution in [0.4, 0.5) is 4.79 Å². The first kappa shape index (κ1) is 11.4. The van der Waals surface area contributed by atoms with E-state index in [2.05, 4.69) is 16.3 Å². The maximum absolute atomic E-state index is 9.75. The van der Waals surface area contributed by atoms with E-state index < -0.39 is 5.43 Å². The summed E-state index contributed by atoms with van der Waals surface area (Å²) in [6.45, 7) is 0.412. The molecule has 0 radical (unpaired) electrons. The van der Waals surface area contributed by atoms with Crippen LogP contribution in [0.1, 0.15) is 0 Å². The average molecular weight is 203 g/mol. The predicted octanol–water partition coefficient (Wildman–Crippen LogP) is 2.12. The number of halogens is 1. The lowest BCUT2D eigenvalue weighted by Crippen LogP contribution is -1.85. The van der Waals surface area contributed by atoms with Crippen LogP contribution < -0.4 is 4.74 Å². The van der Waals surface area contributed by atoms with Crippen molar-refractivity contribution in [2.45, 2.75) is 0 Å². The first-order valence-electron chi connectivity index (χ1n) is 3.20. The second kappa shape index (κ2) is 7.12. The van der Waals surface area contributed by atoms with Crippen LogP contribution in [-0.4, -0.2) is 17.0 Å². The van der Waals surface area contributed by atoms with Crippen molar-refractivity contribution in [1.29, 1.82) is 0 Å². The van der Waals surface area contributed by atoms with E-state index in [4.69, 9.17) is 9.90 Å². The van der Waals surface area contributed by atoms with Gasteiger partial charge in [0.2, 0.25) is 0 Å². The minimum absolute atomic E-state index is 0.412. The van der Waals surface area contributed by atoms with Crippen LogP contribution in [0.2, 0.25) is 0 Å². The van der Waals surface area contributed by atoms with Gasteiger partial charge in [0.25, 0.3) is 6.47 Å². The molecule has 0 saturated carbocycles. The number of carboxylic acid groups (broad SMARTS) is 1. The monoisotopic (exact) mass is 202 g/mol. The van der Waals surface area contributed by atoms with Crippen LogP contribution in [0.25, 0.3) is 0 Å². The molecule has 70 valence electrons. The van der Waals surface area contributed by atoms with Crippen molar-refractivity contribution >= 4 is 23.5 Å². The maximum Gasteiger partial charge on any atom is 0.401 e. The summed E-state index contributed by atoms with van der Waals surface area (Å²) < 4.78 is 4.53. The third-order valence-corrected chi connectivity index (χ3v) is 0.927. The minimum atomic E-state index is -1.36. The maximum atomic E-state index is 9.75. The van der Waals surface area contributed by atoms with Gasteiger partial charge in [0.1, 0.15) is 5.75 Å². The Balaban J connectivity index is 0.000000310. The molecular formula is C8H7ClO4. The van der Waals surface area contributed by atoms with Gasteiger partial charge in [-0.3, -0.25) is 4.79 Å². The number of carbonyl (C=O) groups is 2. The zero-order valence-corrected chi connectivity index (χ0v) is 7.27. The second-order valence-electron chi connectivity index (χ2n) is 1.78. The summed E-state index contributed by atoms with van der Waals surface area (Å²) in [5.41, 5.74) is -1.36. The van der Waals surface area contributed by atoms with Gasteiger partial charge in [-0.25, -0.2) is 4.79 Å². The Hall–Kier alpha value is -1.55. The topological polar surface area (TPSA) is 63.6 Å². The molecule has 0 unspecified atom stereocenters. The van der Waals surface area contributed by atoms with Crippen LogP contribution in [0.5, 0.6) is 5.75 Å². The fraction of sp³-hybridized carbons (Fsp3) is 0. The zero-order valence-electron chi connectivity index (χ0n) is 6.51. The van der Waals surface area contributed by atoms with E-state index in [0.717, 1.165) is 0 Å². The number of ether oxygens (including phenoxy) is 1. The molecule has 1 aromatic rings. The van der Waals surface area contributed by atoms with E-state index in [1.807, 2.05) is 6.07 Å². The molecule has 4 nitrogen and oxygen atoms in total. The molecule has 0 fully saturated rings. The molecule has 0 heterocycles. The highest BCUT2D eigenvalue weighted by molar-refractivity contribution is 6.60. The van der Waals surface area contributed by atoms with Gasteiger partial charge in [-0.05, 0) is 12.1 Å². The Labute approximate surface area is 79.7 Å². The highest BCUT2D eigenvalue weighted by atomic mass is 35.5. The number of para-hydroxylation sites is 1. The fourth-order valence-corrected chi connectivity index (χ4v) is 0.555. The Morgan fingerprint density at radius 3 is 2.23 bits per heavy atom. The minimum Gasteiger partial charge on any atom is -0.469 e. The van der Waals surface area contributed by atoms with Gasteiger partial charge in [-0.2, -0.15) is 0 Å². The lowest BCUT2D eigenvalue weighted by atomic mass is 10.3. The van der Waals surface area contributed by atoms with Gasteiger partial charge in [0, 0.05) is 11.6 Å². The molecule has 5 heteroatoms. The van der Waals surface area contributed by atoms with Crippen molar-refractivity contribution in [2.75, 3.05) is 0 Å². The quantitative estimate of drug-likeness (QED) is 0.589. The van der Waals surface area contributed by atoms with Crippen molar-refractivity contribution in [1.82, 2.24) is 0 Å². The van der Waals surface area contributed by atoms with Crippen LogP contribution in [0.3, 0.4) is 0 Å². The molecular weight excluding hydrogens is 196 g/mol. The van der Waals surface area contributed by atoms with E-state index >= 15 is 0 Å². The molecule has 0 aromatic heterocycles. The summed E-state index contributed by atoms with van der Waals surface area (Å²) in [5, 5.41) is 7.18. The summed E-state index contributed by atoms with van der Waals surface area (Å²) in [6, 6.07) is 8.90. The van der Waals surface area contributed by atoms with E-state index in [0.29, 0.717) is 12.2 Å². The van der Waals surface area contributed by atoms with E-state index in [-0.39, 0.29) is 0 Å². The summed E-state index contributed by atoms with van der Waals surface area (Å²) in [5.74, 6) is 0.576. The molecule has 13 heavy (non-hydrogen) atoms. The summed E-state index contributed by atoms with van der Waals surface area (Å²) >= 11 is 4.19. The molecule has 0 aliphatic carbocycles. The highest BCUT2D eigenvalue weighted by Gasteiger charge is 1.84. The third-order valence-electron chi connectivity index (χ3n) is 0.927. The van der Waals surface area contributed by atoms with E-state index in [1.54, 1.807) is 24.3 Å². The highest BCUT2D eigenvalue weighted by Crippen LogP contribution is 2.05. The van der Waals surface area contributed by atoms with Crippen LogP contribution in [-0.2, 0) is 4.79 Å². The van der Waals surface area contributed by atoms with Gasteiger partial charge >= 0.3 is 5.43 Å². The molecule has 1 N–H and O–H groups in total. The Morgan fingerprint density at radius 2 is 1.85 bits per heavy atom. The van der Waals surface area contributed by atoms with Crippen molar-refractivity contribution in [2.24, 2.45) is 0 Å². The molecule has 0 bridgehead atoms. The fourth-order valence-electron chi connectivity index (χ4n) is 0.555. The van der Waals surface area contributed by atoms with Gasteiger partial charge in [-0.1, -0.05) is 18.2 Å². The Kier molecular flexibility index (Phi) is 6.27. The van der Waals surface area contributed by atoms with Crippen molar-refractivity contribution in [3.63, 3.8) is 0 Å². The predicted molar refractivity (Wildman–Crippen MR) is 47.0 cm³/mol. The van der Waals surface area contributed by atoms with Crippen molar-refractivity contribution < 1.29 is 19.4 Å². The first-order chi connectivity index (χ1) is 6.16. The number of hydrogen-bond acceptors (Lipinski definition) is 3. The molecule has 0 aliphatic heterocycles. The van der Waals surface area contributed by atoms with Crippen molar-refractivity contribution in [3.05, 3.63) is 30.3 Å². The molecule has 0 aliphatic rings. The summed E-state index contributed by atoms with van der Waals surface area (Å²) in [4.78, 5) is 18.5. The standard InChI is InChI=1S/C7H6O2.CHClO2/c8-6-9-7-4-2-1-3-5-7;2-1(3)4/h1-6H;(H,3,4). The average Bonchev–Trinajstić information content (AvgIpc) is 2.06. The molecule has 1 rings (SSSR count). The normalized spacial score (nSPS) is 7.77. The first-order valence-corrected chi connectivity index (χ1v) is 3.58. The SMILES string of the molecule is O=C(O)Cl.O=COc1ccccc1. The zero-order chi connectivity index (χ0) is 10.1. The summed E-state index contributed by atoms with van der Waals surface area (Å²) in [7, 11) is 0. The number of carbonyl (C=O) groups excluding carboxylic acids is 1. The Bertz CT molecular complexity index is 256. The van der Waals surface area contributed by atoms with Gasteiger partial charge in [0.15, 0.2) is 0 Å². The number of benzene rings is 1. The molecule has 1 aromatic carbocycles. The summed E-state index contributed by atoms with van der Waals surface area (Å²) in [6.07, 6.45) is 0. The van der Waals surface area contributed by atoms with Crippen LogP contribution >= 0.6 is 11.6 Å². The van der Waals surface area contributed by atoms with Crippen LogP contribution in [0, 0.1) is 0 Å². The molecule has 0 spiro atoms. The van der Waals surface area contributed by atoms with Gasteiger partial charge < -0.3 is 9.84 Å². The largest absolute Gasteiger partial charge is 0.469 e. The van der Waals surface area contributed by atoms with E-state index in [9.17, 15) is 4.79 Å². The molecule has 0 amide bonds. The van der Waals surface area contributed by atoms with Crippen LogP contribution in [0.15, 0.2) is 30.3 Å².